The first-order chi connectivity index (χ1) is 27.9. The molecule has 2 saturated heterocycles. The van der Waals surface area contributed by atoms with Crippen molar-refractivity contribution in [1.29, 1.82) is 0 Å². The number of nitro groups is 1. The first-order valence-electron chi connectivity index (χ1n) is 20.1. The van der Waals surface area contributed by atoms with Crippen LogP contribution in [0.4, 0.5) is 17.1 Å². The Kier molecular flexibility index (Phi) is 11.2. The number of hydrogen-bond donors (Lipinski definition) is 2. The van der Waals surface area contributed by atoms with Crippen molar-refractivity contribution in [3.63, 3.8) is 0 Å². The lowest BCUT2D eigenvalue weighted by atomic mass is 9.84. The van der Waals surface area contributed by atoms with E-state index >= 15 is 0 Å². The minimum atomic E-state index is -4.53. The second kappa shape index (κ2) is 16.5. The molecule has 4 aromatic rings. The van der Waals surface area contributed by atoms with E-state index in [0.717, 1.165) is 87.7 Å². The number of nitrogens with one attached hydrogen (secondary N) is 2. The number of ether oxygens (including phenoxy) is 2. The molecule has 3 aromatic carbocycles. The van der Waals surface area contributed by atoms with E-state index < -0.39 is 31.4 Å². The lowest BCUT2D eigenvalue weighted by Gasteiger charge is -2.46. The fraction of sp³-hybridized carbons (Fsp3) is 0.409. The van der Waals surface area contributed by atoms with Crippen LogP contribution in [0.2, 0.25) is 0 Å². The number of nitrogens with zero attached hydrogens (tertiary/aromatic N) is 4. The Morgan fingerprint density at radius 2 is 1.78 bits per heavy atom. The quantitative estimate of drug-likeness (QED) is 0.109. The van der Waals surface area contributed by atoms with Gasteiger partial charge in [-0.3, -0.25) is 24.8 Å². The van der Waals surface area contributed by atoms with Crippen LogP contribution < -0.4 is 19.7 Å². The molecular formula is C44H50N6O7S. The molecule has 8 rings (SSSR count). The van der Waals surface area contributed by atoms with Gasteiger partial charge in [-0.15, -0.1) is 0 Å². The van der Waals surface area contributed by atoms with Gasteiger partial charge in [0.15, 0.2) is 0 Å². The van der Waals surface area contributed by atoms with Crippen molar-refractivity contribution in [2.24, 2.45) is 11.8 Å². The molecule has 14 heteroatoms. The van der Waals surface area contributed by atoms with Crippen molar-refractivity contribution < 1.29 is 27.6 Å². The van der Waals surface area contributed by atoms with E-state index in [1.807, 2.05) is 24.3 Å². The molecule has 0 saturated carbocycles. The van der Waals surface area contributed by atoms with Gasteiger partial charge in [-0.25, -0.2) is 13.1 Å². The van der Waals surface area contributed by atoms with E-state index in [9.17, 15) is 23.3 Å². The van der Waals surface area contributed by atoms with E-state index in [-0.39, 0.29) is 28.5 Å². The minimum Gasteiger partial charge on any atom is -0.455 e. The Morgan fingerprint density at radius 3 is 2.55 bits per heavy atom. The zero-order chi connectivity index (χ0) is 40.4. The van der Waals surface area contributed by atoms with Crippen molar-refractivity contribution in [3.05, 3.63) is 117 Å². The van der Waals surface area contributed by atoms with Crippen LogP contribution in [-0.2, 0) is 34.1 Å². The van der Waals surface area contributed by atoms with Crippen LogP contribution >= 0.6 is 0 Å². The SMILES string of the molecule is CC1(C)Cc2ccccc2CN1CC1CCN(c2ccc(C(=O)NS(=O)(=O)c3ccc(NCC4CCOCC4)c([N+](=O)[O-])c3)c(Oc3cnc4c(c3)C=CC4)c2)CC1. The molecule has 0 radical (unpaired) electrons. The Balaban J connectivity index is 0.989. The number of allylic oxidation sites excluding steroid dienone is 1. The Morgan fingerprint density at radius 1 is 1.00 bits per heavy atom. The predicted octanol–water partition coefficient (Wildman–Crippen LogP) is 7.36. The monoisotopic (exact) mass is 806 g/mol. The van der Waals surface area contributed by atoms with Crippen molar-refractivity contribution in [1.82, 2.24) is 14.6 Å². The average Bonchev–Trinajstić information content (AvgIpc) is 3.69. The van der Waals surface area contributed by atoms with E-state index in [2.05, 4.69) is 62.9 Å². The molecule has 4 aliphatic rings. The van der Waals surface area contributed by atoms with Gasteiger partial charge in [0.1, 0.15) is 17.2 Å². The van der Waals surface area contributed by atoms with Crippen LogP contribution in [0.1, 0.15) is 72.3 Å². The number of sulfonamides is 1. The number of rotatable bonds is 12. The molecule has 0 unspecified atom stereocenters. The van der Waals surface area contributed by atoms with Crippen LogP contribution in [0.15, 0.2) is 83.9 Å². The van der Waals surface area contributed by atoms with Gasteiger partial charge >= 0.3 is 0 Å². The molecule has 0 spiro atoms. The van der Waals surface area contributed by atoms with Crippen molar-refractivity contribution in [2.45, 2.75) is 69.4 Å². The first-order valence-corrected chi connectivity index (χ1v) is 21.6. The Labute approximate surface area is 339 Å². The highest BCUT2D eigenvalue weighted by atomic mass is 32.2. The molecule has 0 bridgehead atoms. The number of carbonyl (C=O) groups excluding carboxylic acids is 1. The van der Waals surface area contributed by atoms with Crippen molar-refractivity contribution >= 4 is 39.1 Å². The van der Waals surface area contributed by atoms with E-state index in [4.69, 9.17) is 9.47 Å². The highest BCUT2D eigenvalue weighted by Crippen LogP contribution is 2.36. The zero-order valence-electron chi connectivity index (χ0n) is 33.0. The summed E-state index contributed by atoms with van der Waals surface area (Å²) in [6.07, 6.45) is 11.0. The number of carbonyl (C=O) groups is 1. The number of hydrogen-bond acceptors (Lipinski definition) is 11. The second-order valence-electron chi connectivity index (χ2n) is 16.5. The number of anilines is 2. The zero-order valence-corrected chi connectivity index (χ0v) is 33.8. The summed E-state index contributed by atoms with van der Waals surface area (Å²) >= 11 is 0. The van der Waals surface area contributed by atoms with Gasteiger partial charge < -0.3 is 19.7 Å². The molecule has 13 nitrogen and oxygen atoms in total. The number of fused-ring (bicyclic) bond motifs is 2. The van der Waals surface area contributed by atoms with Crippen molar-refractivity contribution in [3.8, 4) is 11.5 Å². The Hall–Kier alpha value is -5.31. The standard InChI is InChI=1S/C44H50N6O7S/c1-44(2)25-33-6-3-4-7-34(33)29-49(44)28-31-14-18-48(19-15-31)35-10-12-38(42(23-35)57-36-22-32-8-5-9-39(32)46-27-36)43(51)47-58(54,55)37-11-13-40(41(24-37)50(52)53)45-26-30-16-20-56-21-17-30/h3-8,10-13,22-24,27,30-31,45H,9,14-21,25-26,28-29H2,1-2H3,(H,47,51). The molecule has 3 aliphatic heterocycles. The second-order valence-corrected chi connectivity index (χ2v) is 18.2. The van der Waals surface area contributed by atoms with Gasteiger partial charge in [-0.2, -0.15) is 0 Å². The molecule has 1 aromatic heterocycles. The highest BCUT2D eigenvalue weighted by molar-refractivity contribution is 7.90. The van der Waals surface area contributed by atoms with Crippen molar-refractivity contribution in [2.75, 3.05) is 49.6 Å². The Bertz CT molecular complexity index is 2330. The number of amides is 1. The fourth-order valence-electron chi connectivity index (χ4n) is 8.56. The van der Waals surface area contributed by atoms with E-state index in [0.29, 0.717) is 31.4 Å². The summed E-state index contributed by atoms with van der Waals surface area (Å²) in [6, 6.07) is 19.3. The summed E-state index contributed by atoms with van der Waals surface area (Å²) in [7, 11) is -4.53. The lowest BCUT2D eigenvalue weighted by molar-refractivity contribution is -0.384. The fourth-order valence-corrected chi connectivity index (χ4v) is 9.55. The summed E-state index contributed by atoms with van der Waals surface area (Å²) in [6.45, 7) is 10.0. The predicted molar refractivity (Wildman–Crippen MR) is 223 cm³/mol. The molecule has 1 amide bonds. The van der Waals surface area contributed by atoms with Crippen LogP contribution in [0.25, 0.3) is 6.08 Å². The molecule has 304 valence electrons. The summed E-state index contributed by atoms with van der Waals surface area (Å²) < 4.78 is 41.1. The van der Waals surface area contributed by atoms with Gasteiger partial charge in [0.05, 0.1) is 27.3 Å². The van der Waals surface area contributed by atoms with Gasteiger partial charge in [0, 0.05) is 75.7 Å². The third-order valence-electron chi connectivity index (χ3n) is 12.1. The van der Waals surface area contributed by atoms with Crippen LogP contribution in [0.3, 0.4) is 0 Å². The number of aromatic nitrogens is 1. The maximum atomic E-state index is 13.9. The third kappa shape index (κ3) is 8.74. The smallest absolute Gasteiger partial charge is 0.293 e. The number of benzene rings is 3. The summed E-state index contributed by atoms with van der Waals surface area (Å²) in [5.41, 5.74) is 5.41. The maximum absolute atomic E-state index is 13.9. The summed E-state index contributed by atoms with van der Waals surface area (Å²) in [4.78, 5) is 34.3. The topological polar surface area (TPSA) is 156 Å². The van der Waals surface area contributed by atoms with Gasteiger partial charge in [-0.05, 0) is 105 Å². The number of pyridine rings is 1. The molecule has 2 fully saturated rings. The molecular weight excluding hydrogens is 757 g/mol. The van der Waals surface area contributed by atoms with Gasteiger partial charge in [0.2, 0.25) is 0 Å². The molecule has 1 aliphatic carbocycles. The van der Waals surface area contributed by atoms with E-state index in [1.54, 1.807) is 18.3 Å². The molecule has 2 N–H and O–H groups in total. The molecule has 0 atom stereocenters. The number of piperidine rings is 1. The largest absolute Gasteiger partial charge is 0.455 e. The van der Waals surface area contributed by atoms with Gasteiger partial charge in [0.25, 0.3) is 21.6 Å². The average molecular weight is 807 g/mol. The summed E-state index contributed by atoms with van der Waals surface area (Å²) in [5.74, 6) is 0.465. The van der Waals surface area contributed by atoms with Crippen LogP contribution in [0, 0.1) is 22.0 Å². The normalized spacial score (nSPS) is 18.3. The maximum Gasteiger partial charge on any atom is 0.293 e. The van der Waals surface area contributed by atoms with Crippen LogP contribution in [0.5, 0.6) is 11.5 Å². The lowest BCUT2D eigenvalue weighted by Crippen LogP contribution is -2.51. The number of nitro benzene ring substituents is 1. The molecule has 58 heavy (non-hydrogen) atoms. The van der Waals surface area contributed by atoms with Gasteiger partial charge in [-0.1, -0.05) is 36.4 Å². The van der Waals surface area contributed by atoms with Crippen LogP contribution in [-0.4, -0.2) is 74.1 Å². The third-order valence-corrected chi connectivity index (χ3v) is 13.4. The van der Waals surface area contributed by atoms with E-state index in [1.165, 1.54) is 23.3 Å². The summed E-state index contributed by atoms with van der Waals surface area (Å²) in [5, 5.41) is 15.2. The first kappa shape index (κ1) is 39.5. The highest BCUT2D eigenvalue weighted by Gasteiger charge is 2.35. The molecule has 4 heterocycles. The minimum absolute atomic E-state index is 0.00453.